The number of nitro benzene ring substituents is 2. The van der Waals surface area contributed by atoms with E-state index in [1.807, 2.05) is 48.3 Å². The van der Waals surface area contributed by atoms with Gasteiger partial charge in [-0.1, -0.05) is 24.3 Å². The third kappa shape index (κ3) is 4.55. The SMILES string of the molecule is COc1ccc(N(C)c2cc(N=Nc3ccc([N+](=O)[O-])cc3[N+](=O)[O-])c(O)c3ccccc23)cc1. The Hall–Kier alpha value is -5.06. The Morgan fingerprint density at radius 2 is 1.51 bits per heavy atom. The second-order valence-corrected chi connectivity index (χ2v) is 7.45. The van der Waals surface area contributed by atoms with Crippen LogP contribution in [0.15, 0.2) is 83.0 Å². The van der Waals surface area contributed by atoms with E-state index in [0.717, 1.165) is 29.3 Å². The number of phenols is 1. The molecule has 0 fully saturated rings. The van der Waals surface area contributed by atoms with E-state index >= 15 is 0 Å². The summed E-state index contributed by atoms with van der Waals surface area (Å²) in [5, 5.41) is 42.5. The molecule has 0 unspecified atom stereocenters. The number of aromatic hydroxyl groups is 1. The molecular formula is C24H19N5O6. The molecule has 176 valence electrons. The summed E-state index contributed by atoms with van der Waals surface area (Å²) in [6, 6.07) is 19.3. The Labute approximate surface area is 198 Å². The van der Waals surface area contributed by atoms with Gasteiger partial charge in [-0.15, -0.1) is 10.2 Å². The van der Waals surface area contributed by atoms with Gasteiger partial charge >= 0.3 is 5.69 Å². The van der Waals surface area contributed by atoms with Gasteiger partial charge in [0.15, 0.2) is 11.4 Å². The molecule has 1 N–H and O–H groups in total. The van der Waals surface area contributed by atoms with Crippen molar-refractivity contribution in [1.29, 1.82) is 0 Å². The molecule has 0 heterocycles. The maximum absolute atomic E-state index is 11.4. The maximum Gasteiger partial charge on any atom is 0.303 e. The lowest BCUT2D eigenvalue weighted by atomic mass is 10.1. The highest BCUT2D eigenvalue weighted by atomic mass is 16.6. The van der Waals surface area contributed by atoms with E-state index in [2.05, 4.69) is 10.2 Å². The number of rotatable bonds is 7. The van der Waals surface area contributed by atoms with Crippen molar-refractivity contribution in [1.82, 2.24) is 0 Å². The Balaban J connectivity index is 1.82. The molecule has 0 amide bonds. The standard InChI is InChI=1S/C24H19N5O6/c1-27(15-7-10-17(35-2)11-8-15)22-14-21(24(30)19-6-4-3-5-18(19)22)26-25-20-12-9-16(28(31)32)13-23(20)29(33)34/h3-14,30H,1-2H3. The number of benzene rings is 4. The molecule has 11 heteroatoms. The fraction of sp³-hybridized carbons (Fsp3) is 0.0833. The minimum atomic E-state index is -0.773. The van der Waals surface area contributed by atoms with Crippen molar-refractivity contribution >= 4 is 44.9 Å². The minimum absolute atomic E-state index is 0.0757. The zero-order valence-electron chi connectivity index (χ0n) is 18.7. The minimum Gasteiger partial charge on any atom is -0.505 e. The van der Waals surface area contributed by atoms with Crippen LogP contribution >= 0.6 is 0 Å². The second-order valence-electron chi connectivity index (χ2n) is 7.45. The molecule has 0 bridgehead atoms. The van der Waals surface area contributed by atoms with E-state index in [0.29, 0.717) is 16.8 Å². The first-order chi connectivity index (χ1) is 16.8. The van der Waals surface area contributed by atoms with Crippen LogP contribution in [0.2, 0.25) is 0 Å². The molecule has 4 aromatic rings. The molecule has 0 atom stereocenters. The lowest BCUT2D eigenvalue weighted by molar-refractivity contribution is -0.393. The van der Waals surface area contributed by atoms with Gasteiger partial charge in [-0.2, -0.15) is 0 Å². The number of non-ortho nitro benzene ring substituents is 1. The molecule has 0 saturated heterocycles. The Bertz CT molecular complexity index is 1470. The average Bonchev–Trinajstić information content (AvgIpc) is 2.88. The van der Waals surface area contributed by atoms with Crippen molar-refractivity contribution < 1.29 is 19.7 Å². The van der Waals surface area contributed by atoms with Crippen molar-refractivity contribution in [2.24, 2.45) is 10.2 Å². The normalized spacial score (nSPS) is 11.0. The summed E-state index contributed by atoms with van der Waals surface area (Å²) >= 11 is 0. The summed E-state index contributed by atoms with van der Waals surface area (Å²) in [4.78, 5) is 22.8. The van der Waals surface area contributed by atoms with Gasteiger partial charge in [0.1, 0.15) is 11.4 Å². The van der Waals surface area contributed by atoms with E-state index in [-0.39, 0.29) is 17.1 Å². The first-order valence-corrected chi connectivity index (χ1v) is 10.3. The van der Waals surface area contributed by atoms with Crippen LogP contribution in [0.4, 0.5) is 34.1 Å². The van der Waals surface area contributed by atoms with Crippen LogP contribution in [0, 0.1) is 20.2 Å². The maximum atomic E-state index is 11.4. The van der Waals surface area contributed by atoms with E-state index in [4.69, 9.17) is 4.74 Å². The number of ether oxygens (including phenoxy) is 1. The Morgan fingerprint density at radius 3 is 2.14 bits per heavy atom. The summed E-state index contributed by atoms with van der Waals surface area (Å²) in [6.07, 6.45) is 0. The Morgan fingerprint density at radius 1 is 0.857 bits per heavy atom. The fourth-order valence-corrected chi connectivity index (χ4v) is 3.59. The van der Waals surface area contributed by atoms with Crippen LogP contribution in [0.25, 0.3) is 10.8 Å². The van der Waals surface area contributed by atoms with Crippen LogP contribution in [0.3, 0.4) is 0 Å². The summed E-state index contributed by atoms with van der Waals surface area (Å²) in [5.74, 6) is 0.553. The molecule has 0 spiro atoms. The first-order valence-electron chi connectivity index (χ1n) is 10.3. The van der Waals surface area contributed by atoms with Crippen molar-refractivity contribution in [3.63, 3.8) is 0 Å². The number of phenolic OH excluding ortho intramolecular Hbond substituents is 1. The zero-order valence-corrected chi connectivity index (χ0v) is 18.7. The van der Waals surface area contributed by atoms with Crippen molar-refractivity contribution in [3.05, 3.63) is 93.0 Å². The first kappa shape index (κ1) is 23.1. The molecule has 0 aliphatic rings. The molecule has 4 rings (SSSR count). The largest absolute Gasteiger partial charge is 0.505 e. The monoisotopic (exact) mass is 473 g/mol. The second kappa shape index (κ2) is 9.43. The van der Waals surface area contributed by atoms with Crippen LogP contribution in [-0.2, 0) is 0 Å². The van der Waals surface area contributed by atoms with Crippen LogP contribution in [0.5, 0.6) is 11.5 Å². The van der Waals surface area contributed by atoms with E-state index < -0.39 is 21.2 Å². The van der Waals surface area contributed by atoms with E-state index in [1.165, 1.54) is 0 Å². The summed E-state index contributed by atoms with van der Waals surface area (Å²) in [7, 11) is 3.43. The molecule has 0 aliphatic carbocycles. The summed E-state index contributed by atoms with van der Waals surface area (Å²) in [6.45, 7) is 0. The van der Waals surface area contributed by atoms with Gasteiger partial charge in [0.25, 0.3) is 5.69 Å². The predicted molar refractivity (Wildman–Crippen MR) is 131 cm³/mol. The number of fused-ring (bicyclic) bond motifs is 1. The van der Waals surface area contributed by atoms with Gasteiger partial charge in [-0.3, -0.25) is 20.2 Å². The van der Waals surface area contributed by atoms with Crippen molar-refractivity contribution in [2.45, 2.75) is 0 Å². The molecule has 11 nitrogen and oxygen atoms in total. The fourth-order valence-electron chi connectivity index (χ4n) is 3.59. The smallest absolute Gasteiger partial charge is 0.303 e. The van der Waals surface area contributed by atoms with Gasteiger partial charge in [0, 0.05) is 29.6 Å². The summed E-state index contributed by atoms with van der Waals surface area (Å²) < 4.78 is 5.22. The molecule has 4 aromatic carbocycles. The molecule has 0 radical (unpaired) electrons. The number of azo groups is 1. The summed E-state index contributed by atoms with van der Waals surface area (Å²) in [5.41, 5.74) is 0.433. The number of hydrogen-bond acceptors (Lipinski definition) is 9. The molecular weight excluding hydrogens is 454 g/mol. The highest BCUT2D eigenvalue weighted by Crippen LogP contribution is 2.43. The molecule has 0 aromatic heterocycles. The van der Waals surface area contributed by atoms with Gasteiger partial charge < -0.3 is 14.7 Å². The van der Waals surface area contributed by atoms with E-state index in [9.17, 15) is 25.3 Å². The third-order valence-electron chi connectivity index (χ3n) is 5.43. The highest BCUT2D eigenvalue weighted by molar-refractivity contribution is 6.02. The van der Waals surface area contributed by atoms with Crippen molar-refractivity contribution in [2.75, 3.05) is 19.1 Å². The zero-order chi connectivity index (χ0) is 25.1. The molecule has 0 saturated carbocycles. The average molecular weight is 473 g/mol. The van der Waals surface area contributed by atoms with Gasteiger partial charge in [0.05, 0.1) is 28.7 Å². The van der Waals surface area contributed by atoms with Gasteiger partial charge in [-0.05, 0) is 36.4 Å². The number of nitro groups is 2. The van der Waals surface area contributed by atoms with Gasteiger partial charge in [0.2, 0.25) is 0 Å². The van der Waals surface area contributed by atoms with E-state index in [1.54, 1.807) is 25.3 Å². The van der Waals surface area contributed by atoms with Crippen LogP contribution in [-0.4, -0.2) is 29.1 Å². The van der Waals surface area contributed by atoms with Crippen molar-refractivity contribution in [3.8, 4) is 11.5 Å². The number of nitrogens with zero attached hydrogens (tertiary/aromatic N) is 5. The number of hydrogen-bond donors (Lipinski definition) is 1. The third-order valence-corrected chi connectivity index (χ3v) is 5.43. The quantitative estimate of drug-likeness (QED) is 0.182. The van der Waals surface area contributed by atoms with Crippen LogP contribution < -0.4 is 9.64 Å². The number of methoxy groups -OCH3 is 1. The Kier molecular flexibility index (Phi) is 6.23. The molecule has 35 heavy (non-hydrogen) atoms. The number of anilines is 2. The molecule has 0 aliphatic heterocycles. The lowest BCUT2D eigenvalue weighted by Gasteiger charge is -2.22. The van der Waals surface area contributed by atoms with Crippen LogP contribution in [0.1, 0.15) is 0 Å². The highest BCUT2D eigenvalue weighted by Gasteiger charge is 2.20. The van der Waals surface area contributed by atoms with Gasteiger partial charge in [-0.25, -0.2) is 0 Å². The topological polar surface area (TPSA) is 144 Å². The predicted octanol–water partition coefficient (Wildman–Crippen LogP) is 6.55. The lowest BCUT2D eigenvalue weighted by Crippen LogP contribution is -2.09.